The maximum absolute atomic E-state index is 6.49. The second-order valence-electron chi connectivity index (χ2n) is 11.0. The number of allylic oxidation sites excluding steroid dienone is 5. The topological polar surface area (TPSA) is 76.2 Å². The molecular formula is C34H43N5. The van der Waals surface area contributed by atoms with Gasteiger partial charge in [0.05, 0.1) is 5.52 Å². The van der Waals surface area contributed by atoms with Gasteiger partial charge < -0.3 is 11.1 Å². The van der Waals surface area contributed by atoms with Gasteiger partial charge in [-0.25, -0.2) is 9.98 Å². The number of anilines is 2. The molecule has 0 amide bonds. The number of hydrogen-bond acceptors (Lipinski definition) is 5. The second kappa shape index (κ2) is 11.6. The number of benzene rings is 2. The zero-order valence-corrected chi connectivity index (χ0v) is 25.0. The predicted octanol–water partition coefficient (Wildman–Crippen LogP) is 9.05. The van der Waals surface area contributed by atoms with Crippen molar-refractivity contribution in [3.8, 4) is 11.1 Å². The number of fused-ring (bicyclic) bond motifs is 1. The van der Waals surface area contributed by atoms with Gasteiger partial charge in [-0.1, -0.05) is 69.2 Å². The lowest BCUT2D eigenvalue weighted by Gasteiger charge is -2.23. The van der Waals surface area contributed by atoms with Crippen LogP contribution in [0.4, 0.5) is 11.8 Å². The number of nitrogen functional groups attached to an aromatic ring is 1. The minimum atomic E-state index is 0.278. The molecule has 204 valence electrons. The maximum atomic E-state index is 6.49. The van der Waals surface area contributed by atoms with Crippen LogP contribution in [0.2, 0.25) is 0 Å². The van der Waals surface area contributed by atoms with Gasteiger partial charge in [0, 0.05) is 23.1 Å². The summed E-state index contributed by atoms with van der Waals surface area (Å²) < 4.78 is 0. The Morgan fingerprint density at radius 1 is 1.05 bits per heavy atom. The molecule has 39 heavy (non-hydrogen) atoms. The first-order chi connectivity index (χ1) is 18.5. The lowest BCUT2D eigenvalue weighted by Crippen LogP contribution is -2.16. The summed E-state index contributed by atoms with van der Waals surface area (Å²) in [6, 6.07) is 10.8. The van der Waals surface area contributed by atoms with Crippen molar-refractivity contribution in [3.63, 3.8) is 0 Å². The molecule has 1 aliphatic heterocycles. The summed E-state index contributed by atoms with van der Waals surface area (Å²) in [5.74, 6) is 2.35. The van der Waals surface area contributed by atoms with Crippen molar-refractivity contribution in [3.05, 3.63) is 81.2 Å². The van der Waals surface area contributed by atoms with E-state index in [4.69, 9.17) is 15.7 Å². The average molecular weight is 522 g/mol. The monoisotopic (exact) mass is 521 g/mol. The lowest BCUT2D eigenvalue weighted by atomic mass is 9.88. The number of aryl methyl sites for hydroxylation is 2. The number of nitrogens with zero attached hydrogens (tertiary/aromatic N) is 3. The zero-order valence-electron chi connectivity index (χ0n) is 25.0. The highest BCUT2D eigenvalue weighted by molar-refractivity contribution is 6.00. The number of nitrogens with one attached hydrogen (secondary N) is 1. The standard InChI is InChI=1S/C34H43N5/c1-10-19(3)15-21(5)26-16-22(6)30(23(7)17-26)27-13-12-14-28-31(27)37-34(38-32(28)35)39-33-25(9)24(8)29(18-36-33)20(4)11-2/h12-18,21,24H,10-11H2,1-9H3,(H3,35,37,38,39)/b19-15+,29-20+. The molecule has 2 aromatic carbocycles. The van der Waals surface area contributed by atoms with E-state index in [0.717, 1.165) is 35.1 Å². The zero-order chi connectivity index (χ0) is 28.4. The summed E-state index contributed by atoms with van der Waals surface area (Å²) >= 11 is 0. The first kappa shape index (κ1) is 28.3. The number of aromatic nitrogens is 2. The number of aliphatic imine (C=N–C) groups is 1. The molecule has 5 heteroatoms. The molecule has 2 heterocycles. The highest BCUT2D eigenvalue weighted by Gasteiger charge is 2.21. The number of rotatable bonds is 7. The van der Waals surface area contributed by atoms with E-state index in [1.54, 1.807) is 0 Å². The molecule has 0 spiro atoms. The van der Waals surface area contributed by atoms with E-state index in [0.29, 0.717) is 17.7 Å². The van der Waals surface area contributed by atoms with Gasteiger partial charge in [0.25, 0.3) is 0 Å². The highest BCUT2D eigenvalue weighted by atomic mass is 15.2. The van der Waals surface area contributed by atoms with E-state index in [1.807, 2.05) is 18.3 Å². The SMILES string of the molecule is CC/C(C)=C1\C=NC(Nc2nc(N)c3cccc(-c4c(C)cc(C(C)/C=C(\C)CC)cc4C)c3n2)=C(C)C1C. The van der Waals surface area contributed by atoms with Crippen LogP contribution < -0.4 is 11.1 Å². The van der Waals surface area contributed by atoms with Gasteiger partial charge in [0.2, 0.25) is 5.95 Å². The summed E-state index contributed by atoms with van der Waals surface area (Å²) in [5.41, 5.74) is 18.6. The Labute approximate surface area is 234 Å². The second-order valence-corrected chi connectivity index (χ2v) is 11.0. The van der Waals surface area contributed by atoms with E-state index in [2.05, 4.69) is 96.9 Å². The smallest absolute Gasteiger partial charge is 0.230 e. The van der Waals surface area contributed by atoms with E-state index < -0.39 is 0 Å². The van der Waals surface area contributed by atoms with E-state index in [-0.39, 0.29) is 5.92 Å². The number of hydrogen-bond donors (Lipinski definition) is 2. The minimum absolute atomic E-state index is 0.278. The average Bonchev–Trinajstić information content (AvgIpc) is 2.90. The number of nitrogens with two attached hydrogens (primary N) is 1. The molecule has 0 saturated heterocycles. The van der Waals surface area contributed by atoms with Crippen molar-refractivity contribution in [2.24, 2.45) is 10.9 Å². The van der Waals surface area contributed by atoms with Gasteiger partial charge in [-0.3, -0.25) is 0 Å². The third-order valence-electron chi connectivity index (χ3n) is 8.27. The summed E-state index contributed by atoms with van der Waals surface area (Å²) in [7, 11) is 0. The Bertz CT molecular complexity index is 1510. The predicted molar refractivity (Wildman–Crippen MR) is 168 cm³/mol. The summed E-state index contributed by atoms with van der Waals surface area (Å²) in [4.78, 5) is 14.3. The van der Waals surface area contributed by atoms with Crippen molar-refractivity contribution >= 4 is 28.9 Å². The lowest BCUT2D eigenvalue weighted by molar-refractivity contribution is 0.787. The fourth-order valence-electron chi connectivity index (χ4n) is 5.47. The first-order valence-electron chi connectivity index (χ1n) is 14.1. The van der Waals surface area contributed by atoms with Crippen LogP contribution in [0.25, 0.3) is 22.0 Å². The van der Waals surface area contributed by atoms with Crippen LogP contribution in [0, 0.1) is 19.8 Å². The Balaban J connectivity index is 1.78. The molecule has 1 aromatic heterocycles. The molecule has 0 bridgehead atoms. The largest absolute Gasteiger partial charge is 0.383 e. The molecule has 0 aliphatic carbocycles. The fraction of sp³-hybridized carbons (Fsp3) is 0.382. The third kappa shape index (κ3) is 5.68. The molecular weight excluding hydrogens is 478 g/mol. The molecule has 2 unspecified atom stereocenters. The third-order valence-corrected chi connectivity index (χ3v) is 8.27. The Morgan fingerprint density at radius 2 is 1.74 bits per heavy atom. The molecule has 0 saturated carbocycles. The van der Waals surface area contributed by atoms with Crippen LogP contribution in [-0.2, 0) is 0 Å². The van der Waals surface area contributed by atoms with Crippen molar-refractivity contribution in [2.45, 2.75) is 81.1 Å². The van der Waals surface area contributed by atoms with Crippen LogP contribution in [-0.4, -0.2) is 16.2 Å². The van der Waals surface area contributed by atoms with E-state index in [9.17, 15) is 0 Å². The van der Waals surface area contributed by atoms with Gasteiger partial charge >= 0.3 is 0 Å². The minimum Gasteiger partial charge on any atom is -0.383 e. The summed E-state index contributed by atoms with van der Waals surface area (Å²) in [6.07, 6.45) is 6.43. The molecule has 5 nitrogen and oxygen atoms in total. The Morgan fingerprint density at radius 3 is 2.38 bits per heavy atom. The van der Waals surface area contributed by atoms with Crippen LogP contribution in [0.5, 0.6) is 0 Å². The van der Waals surface area contributed by atoms with Gasteiger partial charge in [-0.15, -0.1) is 0 Å². The van der Waals surface area contributed by atoms with Crippen LogP contribution in [0.15, 0.2) is 69.5 Å². The summed E-state index contributed by atoms with van der Waals surface area (Å²) in [6.45, 7) is 19.8. The van der Waals surface area contributed by atoms with Crippen LogP contribution in [0.1, 0.15) is 83.9 Å². The molecule has 4 rings (SSSR count). The quantitative estimate of drug-likeness (QED) is 0.304. The number of para-hydroxylation sites is 1. The van der Waals surface area contributed by atoms with E-state index in [1.165, 1.54) is 44.5 Å². The molecule has 1 aliphatic rings. The molecule has 2 atom stereocenters. The molecule has 3 aromatic rings. The molecule has 0 radical (unpaired) electrons. The van der Waals surface area contributed by atoms with Gasteiger partial charge in [-0.2, -0.15) is 4.98 Å². The summed E-state index contributed by atoms with van der Waals surface area (Å²) in [5, 5.41) is 4.23. The highest BCUT2D eigenvalue weighted by Crippen LogP contribution is 2.37. The Hall–Kier alpha value is -3.73. The van der Waals surface area contributed by atoms with Gasteiger partial charge in [0.1, 0.15) is 11.6 Å². The normalized spacial score (nSPS) is 18.1. The van der Waals surface area contributed by atoms with E-state index >= 15 is 0 Å². The van der Waals surface area contributed by atoms with Crippen LogP contribution >= 0.6 is 0 Å². The van der Waals surface area contributed by atoms with Gasteiger partial charge in [0.15, 0.2) is 0 Å². The first-order valence-corrected chi connectivity index (χ1v) is 14.1. The van der Waals surface area contributed by atoms with Gasteiger partial charge in [-0.05, 0) is 92.8 Å². The van der Waals surface area contributed by atoms with Crippen LogP contribution in [0.3, 0.4) is 0 Å². The molecule has 3 N–H and O–H groups in total. The van der Waals surface area contributed by atoms with Crippen molar-refractivity contribution in [2.75, 3.05) is 11.1 Å². The van der Waals surface area contributed by atoms with Crippen molar-refractivity contribution in [1.82, 2.24) is 9.97 Å². The van der Waals surface area contributed by atoms with Crippen molar-refractivity contribution < 1.29 is 0 Å². The maximum Gasteiger partial charge on any atom is 0.230 e. The fourth-order valence-corrected chi connectivity index (χ4v) is 5.47. The Kier molecular flexibility index (Phi) is 8.39. The molecule has 0 fully saturated rings. The van der Waals surface area contributed by atoms with Crippen molar-refractivity contribution in [1.29, 1.82) is 0 Å².